The molecule has 0 spiro atoms. The fourth-order valence-electron chi connectivity index (χ4n) is 2.53. The lowest BCUT2D eigenvalue weighted by Crippen LogP contribution is -2.27. The van der Waals surface area contributed by atoms with Crippen molar-refractivity contribution < 1.29 is 19.1 Å². The summed E-state index contributed by atoms with van der Waals surface area (Å²) in [6, 6.07) is 14.1. The van der Waals surface area contributed by atoms with Gasteiger partial charge in [-0.25, -0.2) is 4.79 Å². The number of anilines is 1. The molecule has 138 valence electrons. The van der Waals surface area contributed by atoms with E-state index in [1.54, 1.807) is 30.3 Å². The van der Waals surface area contributed by atoms with Crippen LogP contribution in [0.25, 0.3) is 6.08 Å². The monoisotopic (exact) mass is 399 g/mol. The summed E-state index contributed by atoms with van der Waals surface area (Å²) in [6.45, 7) is 2.53. The molecule has 0 aromatic heterocycles. The Morgan fingerprint density at radius 2 is 1.81 bits per heavy atom. The summed E-state index contributed by atoms with van der Waals surface area (Å²) in [7, 11) is 1.32. The molecule has 0 aliphatic carbocycles. The molecule has 2 aromatic rings. The summed E-state index contributed by atoms with van der Waals surface area (Å²) in [5.41, 5.74) is 1.91. The van der Waals surface area contributed by atoms with Gasteiger partial charge in [-0.15, -0.1) is 0 Å². The van der Waals surface area contributed by atoms with Crippen LogP contribution in [0.3, 0.4) is 0 Å². The van der Waals surface area contributed by atoms with Crippen molar-refractivity contribution in [1.29, 1.82) is 0 Å². The van der Waals surface area contributed by atoms with Crippen LogP contribution < -0.4 is 9.64 Å². The standard InChI is InChI=1S/C20H17NO4S2/c1-3-25-16-10-4-13(5-11-16)12-17-18(22)21(20(26)27-17)15-8-6-14(7-9-15)19(23)24-2/h4-12H,3H2,1-2H3/b17-12+. The molecule has 3 rings (SSSR count). The van der Waals surface area contributed by atoms with Gasteiger partial charge in [0, 0.05) is 0 Å². The topological polar surface area (TPSA) is 55.8 Å². The predicted octanol–water partition coefficient (Wildman–Crippen LogP) is 4.28. The molecule has 1 saturated heterocycles. The van der Waals surface area contributed by atoms with Gasteiger partial charge in [-0.05, 0) is 55.0 Å². The number of hydrogen-bond acceptors (Lipinski definition) is 6. The van der Waals surface area contributed by atoms with E-state index in [9.17, 15) is 9.59 Å². The number of benzene rings is 2. The van der Waals surface area contributed by atoms with Crippen molar-refractivity contribution in [1.82, 2.24) is 0 Å². The Balaban J connectivity index is 1.81. The molecule has 0 saturated carbocycles. The molecule has 5 nitrogen and oxygen atoms in total. The van der Waals surface area contributed by atoms with Crippen LogP contribution in [0, 0.1) is 0 Å². The maximum Gasteiger partial charge on any atom is 0.337 e. The van der Waals surface area contributed by atoms with Crippen molar-refractivity contribution in [2.24, 2.45) is 0 Å². The number of amides is 1. The molecular weight excluding hydrogens is 382 g/mol. The van der Waals surface area contributed by atoms with E-state index < -0.39 is 5.97 Å². The second kappa shape index (κ2) is 8.37. The van der Waals surface area contributed by atoms with Crippen LogP contribution in [0.2, 0.25) is 0 Å². The lowest BCUT2D eigenvalue weighted by molar-refractivity contribution is -0.113. The quantitative estimate of drug-likeness (QED) is 0.425. The third-order valence-electron chi connectivity index (χ3n) is 3.83. The van der Waals surface area contributed by atoms with Gasteiger partial charge in [0.2, 0.25) is 0 Å². The van der Waals surface area contributed by atoms with Crippen LogP contribution in [0.4, 0.5) is 5.69 Å². The van der Waals surface area contributed by atoms with Crippen molar-refractivity contribution in [2.75, 3.05) is 18.6 Å². The molecule has 1 heterocycles. The van der Waals surface area contributed by atoms with Gasteiger partial charge in [0.05, 0.1) is 29.9 Å². The number of carbonyl (C=O) groups is 2. The lowest BCUT2D eigenvalue weighted by Gasteiger charge is -2.14. The Bertz CT molecular complexity index is 905. The molecule has 7 heteroatoms. The molecule has 1 amide bonds. The maximum absolute atomic E-state index is 12.8. The van der Waals surface area contributed by atoms with E-state index in [-0.39, 0.29) is 5.91 Å². The largest absolute Gasteiger partial charge is 0.494 e. The van der Waals surface area contributed by atoms with E-state index in [0.717, 1.165) is 11.3 Å². The number of rotatable bonds is 5. The van der Waals surface area contributed by atoms with Gasteiger partial charge in [0.1, 0.15) is 5.75 Å². The van der Waals surface area contributed by atoms with Crippen molar-refractivity contribution >= 4 is 51.9 Å². The molecule has 2 aromatic carbocycles. The molecule has 1 aliphatic heterocycles. The van der Waals surface area contributed by atoms with Crippen LogP contribution in [0.1, 0.15) is 22.8 Å². The van der Waals surface area contributed by atoms with E-state index in [0.29, 0.717) is 27.1 Å². The number of ether oxygens (including phenoxy) is 2. The first-order valence-corrected chi connectivity index (χ1v) is 9.45. The van der Waals surface area contributed by atoms with E-state index in [1.807, 2.05) is 31.2 Å². The minimum Gasteiger partial charge on any atom is -0.494 e. The predicted molar refractivity (Wildman–Crippen MR) is 111 cm³/mol. The Kier molecular flexibility index (Phi) is 5.93. The van der Waals surface area contributed by atoms with E-state index in [1.165, 1.54) is 23.8 Å². The number of nitrogens with zero attached hydrogens (tertiary/aromatic N) is 1. The van der Waals surface area contributed by atoms with Crippen LogP contribution in [-0.2, 0) is 9.53 Å². The molecule has 1 aliphatic rings. The minimum atomic E-state index is -0.428. The highest BCUT2D eigenvalue weighted by Crippen LogP contribution is 2.36. The molecule has 1 fully saturated rings. The highest BCUT2D eigenvalue weighted by atomic mass is 32.2. The third-order valence-corrected chi connectivity index (χ3v) is 5.13. The third kappa shape index (κ3) is 4.20. The first-order chi connectivity index (χ1) is 13.0. The second-order valence-electron chi connectivity index (χ2n) is 5.56. The number of hydrogen-bond donors (Lipinski definition) is 0. The normalized spacial score (nSPS) is 15.3. The zero-order valence-corrected chi connectivity index (χ0v) is 16.4. The van der Waals surface area contributed by atoms with Crippen LogP contribution >= 0.6 is 24.0 Å². The first-order valence-electron chi connectivity index (χ1n) is 8.22. The second-order valence-corrected chi connectivity index (χ2v) is 7.23. The average Bonchev–Trinajstić information content (AvgIpc) is 2.96. The maximum atomic E-state index is 12.8. The van der Waals surface area contributed by atoms with Gasteiger partial charge in [-0.2, -0.15) is 0 Å². The smallest absolute Gasteiger partial charge is 0.337 e. The van der Waals surface area contributed by atoms with Crippen molar-refractivity contribution in [3.05, 3.63) is 64.6 Å². The SMILES string of the molecule is CCOc1ccc(/C=C2/SC(=S)N(c3ccc(C(=O)OC)cc3)C2=O)cc1. The highest BCUT2D eigenvalue weighted by Gasteiger charge is 2.33. The molecule has 0 bridgehead atoms. The Morgan fingerprint density at radius 1 is 1.15 bits per heavy atom. The van der Waals surface area contributed by atoms with E-state index >= 15 is 0 Å². The summed E-state index contributed by atoms with van der Waals surface area (Å²) in [5, 5.41) is 0. The van der Waals surface area contributed by atoms with E-state index in [2.05, 4.69) is 4.74 Å². The molecule has 0 unspecified atom stereocenters. The van der Waals surface area contributed by atoms with Crippen LogP contribution in [0.5, 0.6) is 5.75 Å². The molecule has 27 heavy (non-hydrogen) atoms. The summed E-state index contributed by atoms with van der Waals surface area (Å²) in [4.78, 5) is 26.3. The average molecular weight is 399 g/mol. The zero-order chi connectivity index (χ0) is 19.4. The van der Waals surface area contributed by atoms with Crippen molar-refractivity contribution in [3.63, 3.8) is 0 Å². The van der Waals surface area contributed by atoms with E-state index in [4.69, 9.17) is 17.0 Å². The summed E-state index contributed by atoms with van der Waals surface area (Å²) >= 11 is 6.62. The lowest BCUT2D eigenvalue weighted by atomic mass is 10.2. The number of esters is 1. The zero-order valence-electron chi connectivity index (χ0n) is 14.8. The van der Waals surface area contributed by atoms with Crippen molar-refractivity contribution in [2.45, 2.75) is 6.92 Å². The number of thioether (sulfide) groups is 1. The Hall–Kier alpha value is -2.64. The molecule has 0 radical (unpaired) electrons. The van der Waals surface area contributed by atoms with Gasteiger partial charge in [0.15, 0.2) is 4.32 Å². The van der Waals surface area contributed by atoms with Gasteiger partial charge in [-0.3, -0.25) is 9.69 Å². The van der Waals surface area contributed by atoms with Gasteiger partial charge < -0.3 is 9.47 Å². The van der Waals surface area contributed by atoms with Gasteiger partial charge in [0.25, 0.3) is 5.91 Å². The summed E-state index contributed by atoms with van der Waals surface area (Å²) < 4.78 is 10.6. The summed E-state index contributed by atoms with van der Waals surface area (Å²) in [6.07, 6.45) is 1.80. The van der Waals surface area contributed by atoms with Gasteiger partial charge >= 0.3 is 5.97 Å². The number of carbonyl (C=O) groups excluding carboxylic acids is 2. The molecular formula is C20H17NO4S2. The fraction of sp³-hybridized carbons (Fsp3) is 0.150. The van der Waals surface area contributed by atoms with Gasteiger partial charge in [-0.1, -0.05) is 36.1 Å². The Labute approximate surface area is 167 Å². The minimum absolute atomic E-state index is 0.190. The van der Waals surface area contributed by atoms with Crippen LogP contribution in [-0.4, -0.2) is 29.9 Å². The molecule has 0 N–H and O–H groups in total. The number of thiocarbonyl (C=S) groups is 1. The summed E-state index contributed by atoms with van der Waals surface area (Å²) in [5.74, 6) is 0.167. The highest BCUT2D eigenvalue weighted by molar-refractivity contribution is 8.27. The number of methoxy groups -OCH3 is 1. The van der Waals surface area contributed by atoms with Crippen LogP contribution in [0.15, 0.2) is 53.4 Å². The molecule has 0 atom stereocenters. The fourth-order valence-corrected chi connectivity index (χ4v) is 3.83. The Morgan fingerprint density at radius 3 is 2.41 bits per heavy atom. The first kappa shape index (κ1) is 19.1. The van der Waals surface area contributed by atoms with Crippen molar-refractivity contribution in [3.8, 4) is 5.75 Å².